The summed E-state index contributed by atoms with van der Waals surface area (Å²) in [6, 6.07) is 6.80. The summed E-state index contributed by atoms with van der Waals surface area (Å²) in [5.41, 5.74) is 3.08. The Bertz CT molecular complexity index is 691. The molecule has 0 radical (unpaired) electrons. The van der Waals surface area contributed by atoms with E-state index < -0.39 is 11.9 Å². The van der Waals surface area contributed by atoms with E-state index in [0.29, 0.717) is 18.3 Å². The average molecular weight is 373 g/mol. The molecule has 4 aliphatic rings. The predicted molar refractivity (Wildman–Crippen MR) is 101 cm³/mol. The zero-order chi connectivity index (χ0) is 19.2. The van der Waals surface area contributed by atoms with Gasteiger partial charge in [0.15, 0.2) is 0 Å². The molecule has 6 heteroatoms. The van der Waals surface area contributed by atoms with E-state index in [9.17, 15) is 9.59 Å². The minimum absolute atomic E-state index is 0.434. The summed E-state index contributed by atoms with van der Waals surface area (Å²) in [5.74, 6) is -0.611. The van der Waals surface area contributed by atoms with Crippen LogP contribution in [0.2, 0.25) is 0 Å². The van der Waals surface area contributed by atoms with Crippen LogP contribution in [0.25, 0.3) is 0 Å². The number of nitrogens with zero attached hydrogens (tertiary/aromatic N) is 1. The third-order valence-corrected chi connectivity index (χ3v) is 5.57. The summed E-state index contributed by atoms with van der Waals surface area (Å²) >= 11 is 0. The van der Waals surface area contributed by atoms with Crippen molar-refractivity contribution in [2.75, 3.05) is 19.6 Å². The van der Waals surface area contributed by atoms with Crippen LogP contribution in [-0.2, 0) is 22.4 Å². The summed E-state index contributed by atoms with van der Waals surface area (Å²) in [4.78, 5) is 21.7. The maximum atomic E-state index is 9.55. The van der Waals surface area contributed by atoms with Crippen LogP contribution in [0.4, 0.5) is 0 Å². The van der Waals surface area contributed by atoms with Gasteiger partial charge >= 0.3 is 11.9 Å². The number of carbonyl (C=O) groups is 2. The van der Waals surface area contributed by atoms with Crippen molar-refractivity contribution in [3.63, 3.8) is 0 Å². The molecular weight excluding hydrogens is 346 g/mol. The molecule has 0 spiro atoms. The molecule has 146 valence electrons. The van der Waals surface area contributed by atoms with Crippen LogP contribution in [-0.4, -0.2) is 52.8 Å². The number of carboxylic acid groups (broad SMARTS) is 2. The van der Waals surface area contributed by atoms with Gasteiger partial charge in [0.05, 0.1) is 0 Å². The first-order valence-corrected chi connectivity index (χ1v) is 9.66. The van der Waals surface area contributed by atoms with Crippen LogP contribution in [0, 0.1) is 5.92 Å². The maximum absolute atomic E-state index is 9.55. The standard InChI is InChI=1S/C17H23NO.C4H4O4/c1-2-4-15-11-16(6-5-13(15)3-1)19-17-12-18-9-7-14(17)8-10-18;5-3(6)1-2-4(7)8/h5-6,11,14,17H,1-4,7-10,12H2;1-2H,(H,5,6)(H,7,8)/b;2-1+. The van der Waals surface area contributed by atoms with Crippen LogP contribution in [0.15, 0.2) is 30.4 Å². The van der Waals surface area contributed by atoms with Crippen LogP contribution >= 0.6 is 0 Å². The van der Waals surface area contributed by atoms with E-state index in [1.54, 1.807) is 5.56 Å². The Kier molecular flexibility index (Phi) is 6.50. The van der Waals surface area contributed by atoms with Crippen LogP contribution in [0.3, 0.4) is 0 Å². The van der Waals surface area contributed by atoms with E-state index in [0.717, 1.165) is 18.2 Å². The molecule has 3 fully saturated rings. The van der Waals surface area contributed by atoms with Gasteiger partial charge in [-0.3, -0.25) is 4.90 Å². The molecule has 2 bridgehead atoms. The zero-order valence-corrected chi connectivity index (χ0v) is 15.5. The second-order valence-corrected chi connectivity index (χ2v) is 7.44. The first-order valence-electron chi connectivity index (χ1n) is 9.66. The largest absolute Gasteiger partial charge is 0.489 e. The van der Waals surface area contributed by atoms with E-state index in [2.05, 4.69) is 23.1 Å². The summed E-state index contributed by atoms with van der Waals surface area (Å²) in [6.07, 6.45) is 9.41. The first-order chi connectivity index (χ1) is 13.0. The summed E-state index contributed by atoms with van der Waals surface area (Å²) in [7, 11) is 0. The monoisotopic (exact) mass is 373 g/mol. The average Bonchev–Trinajstić information content (AvgIpc) is 2.68. The molecular formula is C21H27NO5. The van der Waals surface area contributed by atoms with Crippen LogP contribution in [0.5, 0.6) is 5.75 Å². The number of piperidine rings is 3. The SMILES string of the molecule is O=C(O)/C=C/C(=O)O.c1cc2c(cc1OC1CN3CCC1CC3)CCCC2. The molecule has 1 unspecified atom stereocenters. The van der Waals surface area contributed by atoms with Crippen LogP contribution < -0.4 is 4.74 Å². The van der Waals surface area contributed by atoms with E-state index in [4.69, 9.17) is 14.9 Å². The minimum atomic E-state index is -1.26. The second kappa shape index (κ2) is 9.04. The number of benzene rings is 1. The van der Waals surface area contributed by atoms with Gasteiger partial charge < -0.3 is 14.9 Å². The molecule has 27 heavy (non-hydrogen) atoms. The Balaban J connectivity index is 0.000000226. The normalized spacial score (nSPS) is 26.0. The van der Waals surface area contributed by atoms with Gasteiger partial charge in [-0.05, 0) is 80.8 Å². The van der Waals surface area contributed by atoms with Crippen molar-refractivity contribution in [3.8, 4) is 5.75 Å². The number of rotatable bonds is 4. The van der Waals surface area contributed by atoms with E-state index in [1.807, 2.05) is 0 Å². The van der Waals surface area contributed by atoms with E-state index in [1.165, 1.54) is 57.2 Å². The Morgan fingerprint density at radius 1 is 1.00 bits per heavy atom. The lowest BCUT2D eigenvalue weighted by Gasteiger charge is -2.44. The first kappa shape index (κ1) is 19.4. The molecule has 1 aromatic carbocycles. The van der Waals surface area contributed by atoms with Crippen molar-refractivity contribution in [1.29, 1.82) is 0 Å². The molecule has 1 aromatic rings. The van der Waals surface area contributed by atoms with Gasteiger partial charge in [-0.15, -0.1) is 0 Å². The fourth-order valence-electron chi connectivity index (χ4n) is 4.14. The van der Waals surface area contributed by atoms with Gasteiger partial charge in [-0.1, -0.05) is 6.07 Å². The smallest absolute Gasteiger partial charge is 0.328 e. The zero-order valence-electron chi connectivity index (χ0n) is 15.5. The van der Waals surface area contributed by atoms with Crippen molar-refractivity contribution in [3.05, 3.63) is 41.5 Å². The number of ether oxygens (including phenoxy) is 1. The van der Waals surface area contributed by atoms with Gasteiger partial charge in [0, 0.05) is 18.7 Å². The lowest BCUT2D eigenvalue weighted by Crippen LogP contribution is -2.52. The molecule has 0 aromatic heterocycles. The Labute approximate surface area is 159 Å². The Morgan fingerprint density at radius 2 is 1.63 bits per heavy atom. The van der Waals surface area contributed by atoms with Gasteiger partial charge in [0.2, 0.25) is 0 Å². The molecule has 3 aliphatic heterocycles. The molecule has 2 N–H and O–H groups in total. The molecule has 0 saturated carbocycles. The van der Waals surface area contributed by atoms with Gasteiger partial charge in [-0.2, -0.15) is 0 Å². The third kappa shape index (κ3) is 5.57. The van der Waals surface area contributed by atoms with E-state index >= 15 is 0 Å². The summed E-state index contributed by atoms with van der Waals surface area (Å²) < 4.78 is 6.31. The number of fused-ring (bicyclic) bond motifs is 4. The van der Waals surface area contributed by atoms with E-state index in [-0.39, 0.29) is 0 Å². The number of carboxylic acids is 2. The number of hydrogen-bond donors (Lipinski definition) is 2. The Hall–Kier alpha value is -2.34. The summed E-state index contributed by atoms with van der Waals surface area (Å²) in [6.45, 7) is 3.71. The fraction of sp³-hybridized carbons (Fsp3) is 0.524. The van der Waals surface area contributed by atoms with Crippen molar-refractivity contribution >= 4 is 11.9 Å². The van der Waals surface area contributed by atoms with Crippen molar-refractivity contribution in [2.45, 2.75) is 44.6 Å². The number of hydrogen-bond acceptors (Lipinski definition) is 4. The minimum Gasteiger partial charge on any atom is -0.489 e. The molecule has 1 atom stereocenters. The number of aliphatic carboxylic acids is 2. The highest BCUT2D eigenvalue weighted by atomic mass is 16.5. The van der Waals surface area contributed by atoms with Gasteiger partial charge in [0.25, 0.3) is 0 Å². The highest BCUT2D eigenvalue weighted by molar-refractivity contribution is 5.89. The third-order valence-electron chi connectivity index (χ3n) is 5.57. The summed E-state index contributed by atoms with van der Waals surface area (Å²) in [5, 5.41) is 15.6. The molecule has 5 rings (SSSR count). The predicted octanol–water partition coefficient (Wildman–Crippen LogP) is 2.75. The van der Waals surface area contributed by atoms with Crippen molar-refractivity contribution in [2.24, 2.45) is 5.92 Å². The van der Waals surface area contributed by atoms with Gasteiger partial charge in [-0.25, -0.2) is 9.59 Å². The number of aryl methyl sites for hydroxylation is 2. The Morgan fingerprint density at radius 3 is 2.19 bits per heavy atom. The molecule has 6 nitrogen and oxygen atoms in total. The topological polar surface area (TPSA) is 87.1 Å². The maximum Gasteiger partial charge on any atom is 0.328 e. The van der Waals surface area contributed by atoms with Gasteiger partial charge in [0.1, 0.15) is 11.9 Å². The van der Waals surface area contributed by atoms with Crippen molar-refractivity contribution < 1.29 is 24.5 Å². The highest BCUT2D eigenvalue weighted by Crippen LogP contribution is 2.32. The molecule has 3 saturated heterocycles. The highest BCUT2D eigenvalue weighted by Gasteiger charge is 2.35. The fourth-order valence-corrected chi connectivity index (χ4v) is 4.14. The molecule has 3 heterocycles. The quantitative estimate of drug-likeness (QED) is 0.789. The van der Waals surface area contributed by atoms with Crippen molar-refractivity contribution in [1.82, 2.24) is 4.90 Å². The second-order valence-electron chi connectivity index (χ2n) is 7.44. The molecule has 0 amide bonds. The molecule has 1 aliphatic carbocycles. The van der Waals surface area contributed by atoms with Crippen LogP contribution in [0.1, 0.15) is 36.8 Å². The lowest BCUT2D eigenvalue weighted by molar-refractivity contribution is -0.134. The lowest BCUT2D eigenvalue weighted by atomic mass is 9.86.